The van der Waals surface area contributed by atoms with Crippen LogP contribution in [0.25, 0.3) is 0 Å². The molecule has 1 unspecified atom stereocenters. The van der Waals surface area contributed by atoms with E-state index in [9.17, 15) is 4.79 Å². The predicted octanol–water partition coefficient (Wildman–Crippen LogP) is 1.76. The number of nitrogens with zero attached hydrogens (tertiary/aromatic N) is 4. The Morgan fingerprint density at radius 3 is 2.76 bits per heavy atom. The third kappa shape index (κ3) is 3.14. The van der Waals surface area contributed by atoms with Gasteiger partial charge in [-0.3, -0.25) is 9.58 Å². The molecule has 0 aliphatic carbocycles. The van der Waals surface area contributed by atoms with Crippen LogP contribution in [0, 0.1) is 13.8 Å². The van der Waals surface area contributed by atoms with E-state index in [-0.39, 0.29) is 6.03 Å². The van der Waals surface area contributed by atoms with Gasteiger partial charge in [-0.15, -0.1) is 0 Å². The monoisotopic (exact) mass is 339 g/mol. The highest BCUT2D eigenvalue weighted by Gasteiger charge is 2.35. The van der Waals surface area contributed by atoms with Crippen LogP contribution in [-0.2, 0) is 13.1 Å². The van der Waals surface area contributed by atoms with Crippen LogP contribution in [0.1, 0.15) is 22.5 Å². The zero-order valence-corrected chi connectivity index (χ0v) is 14.9. The van der Waals surface area contributed by atoms with Crippen LogP contribution >= 0.6 is 0 Å². The maximum atomic E-state index is 11.7. The minimum atomic E-state index is 0.0905. The molecule has 1 atom stereocenters. The van der Waals surface area contributed by atoms with Gasteiger partial charge in [-0.2, -0.15) is 5.10 Å². The lowest BCUT2D eigenvalue weighted by atomic mass is 10.1. The highest BCUT2D eigenvalue weighted by atomic mass is 16.2. The van der Waals surface area contributed by atoms with Crippen LogP contribution < -0.4 is 5.32 Å². The van der Waals surface area contributed by atoms with Gasteiger partial charge in [0.1, 0.15) is 0 Å². The van der Waals surface area contributed by atoms with Crippen molar-refractivity contribution in [2.24, 2.45) is 0 Å². The average molecular weight is 339 g/mol. The molecular formula is C19H25N5O. The number of aryl methyl sites for hydroxylation is 1. The molecule has 132 valence electrons. The lowest BCUT2D eigenvalue weighted by Gasteiger charge is -2.36. The maximum Gasteiger partial charge on any atom is 0.317 e. The smallest absolute Gasteiger partial charge is 0.317 e. The van der Waals surface area contributed by atoms with Gasteiger partial charge in [-0.1, -0.05) is 30.3 Å². The Kier molecular flexibility index (Phi) is 4.21. The zero-order valence-electron chi connectivity index (χ0n) is 14.9. The van der Waals surface area contributed by atoms with Crippen molar-refractivity contribution >= 4 is 6.03 Å². The summed E-state index contributed by atoms with van der Waals surface area (Å²) in [5.74, 6) is 0. The lowest BCUT2D eigenvalue weighted by molar-refractivity contribution is 0.116. The molecule has 0 saturated carbocycles. The molecular weight excluding hydrogens is 314 g/mol. The molecule has 1 aromatic heterocycles. The molecule has 6 nitrogen and oxygen atoms in total. The van der Waals surface area contributed by atoms with E-state index in [4.69, 9.17) is 5.10 Å². The van der Waals surface area contributed by atoms with Crippen LogP contribution in [0.3, 0.4) is 0 Å². The van der Waals surface area contributed by atoms with Crippen LogP contribution in [0.4, 0.5) is 4.79 Å². The summed E-state index contributed by atoms with van der Waals surface area (Å²) >= 11 is 0. The number of hydrogen-bond acceptors (Lipinski definition) is 3. The standard InChI is InChI=1S/C19H25N5O/c1-14-18(13-22-8-9-23-17(12-22)10-20-19(23)25)15(2)24(21-14)11-16-6-4-3-5-7-16/h3-7,17H,8-13H2,1-2H3,(H,20,25). The predicted molar refractivity (Wildman–Crippen MR) is 96.4 cm³/mol. The van der Waals surface area contributed by atoms with Crippen LogP contribution in [-0.4, -0.2) is 57.8 Å². The van der Waals surface area contributed by atoms with Crippen LogP contribution in [0.15, 0.2) is 30.3 Å². The van der Waals surface area contributed by atoms with Crippen molar-refractivity contribution in [3.63, 3.8) is 0 Å². The topological polar surface area (TPSA) is 53.4 Å². The first-order valence-corrected chi connectivity index (χ1v) is 8.95. The Morgan fingerprint density at radius 1 is 1.16 bits per heavy atom. The number of rotatable bonds is 4. The van der Waals surface area contributed by atoms with E-state index in [0.717, 1.165) is 45.0 Å². The van der Waals surface area contributed by atoms with Crippen molar-refractivity contribution in [2.75, 3.05) is 26.2 Å². The molecule has 4 rings (SSSR count). The molecule has 0 radical (unpaired) electrons. The molecule has 3 heterocycles. The number of carbonyl (C=O) groups is 1. The van der Waals surface area contributed by atoms with Crippen molar-refractivity contribution in [2.45, 2.75) is 33.0 Å². The number of hydrogen-bond donors (Lipinski definition) is 1. The zero-order chi connectivity index (χ0) is 17.4. The Labute approximate surface area is 148 Å². The Bertz CT molecular complexity index is 770. The second-order valence-corrected chi connectivity index (χ2v) is 7.06. The van der Waals surface area contributed by atoms with Crippen molar-refractivity contribution in [3.8, 4) is 0 Å². The number of amides is 2. The Morgan fingerprint density at radius 2 is 1.96 bits per heavy atom. The molecule has 2 aliphatic heterocycles. The molecule has 2 fully saturated rings. The molecule has 6 heteroatoms. The molecule has 0 spiro atoms. The third-order valence-electron chi connectivity index (χ3n) is 5.40. The highest BCUT2D eigenvalue weighted by molar-refractivity contribution is 5.77. The molecule has 1 aromatic carbocycles. The first kappa shape index (κ1) is 16.1. The quantitative estimate of drug-likeness (QED) is 0.923. The Balaban J connectivity index is 1.47. The lowest BCUT2D eigenvalue weighted by Crippen LogP contribution is -2.51. The number of benzene rings is 1. The summed E-state index contributed by atoms with van der Waals surface area (Å²) < 4.78 is 2.11. The summed E-state index contributed by atoms with van der Waals surface area (Å²) in [6.45, 7) is 9.41. The van der Waals surface area contributed by atoms with E-state index < -0.39 is 0 Å². The first-order chi connectivity index (χ1) is 12.1. The summed E-state index contributed by atoms with van der Waals surface area (Å²) in [7, 11) is 0. The maximum absolute atomic E-state index is 11.7. The van der Waals surface area contributed by atoms with Gasteiger partial charge in [-0.05, 0) is 19.4 Å². The van der Waals surface area contributed by atoms with Gasteiger partial charge in [0.05, 0.1) is 18.3 Å². The largest absolute Gasteiger partial charge is 0.336 e. The minimum Gasteiger partial charge on any atom is -0.336 e. The molecule has 2 aromatic rings. The summed E-state index contributed by atoms with van der Waals surface area (Å²) in [6, 6.07) is 10.8. The van der Waals surface area contributed by atoms with Crippen molar-refractivity contribution in [1.29, 1.82) is 0 Å². The number of carbonyl (C=O) groups excluding carboxylic acids is 1. The number of fused-ring (bicyclic) bond motifs is 1. The van der Waals surface area contributed by atoms with E-state index >= 15 is 0 Å². The molecule has 1 N–H and O–H groups in total. The first-order valence-electron chi connectivity index (χ1n) is 8.95. The summed E-state index contributed by atoms with van der Waals surface area (Å²) in [6.07, 6.45) is 0. The molecule has 2 amide bonds. The third-order valence-corrected chi connectivity index (χ3v) is 5.40. The summed E-state index contributed by atoms with van der Waals surface area (Å²) in [5.41, 5.74) is 4.94. The van der Waals surface area contributed by atoms with Gasteiger partial charge < -0.3 is 10.2 Å². The Hall–Kier alpha value is -2.34. The van der Waals surface area contributed by atoms with Crippen LogP contribution in [0.2, 0.25) is 0 Å². The fourth-order valence-electron chi connectivity index (χ4n) is 3.91. The van der Waals surface area contributed by atoms with E-state index in [0.29, 0.717) is 6.04 Å². The number of nitrogens with one attached hydrogen (secondary N) is 1. The van der Waals surface area contributed by atoms with Crippen molar-refractivity contribution < 1.29 is 4.79 Å². The summed E-state index contributed by atoms with van der Waals surface area (Å²) in [4.78, 5) is 16.2. The second-order valence-electron chi connectivity index (χ2n) is 7.06. The van der Waals surface area contributed by atoms with Gasteiger partial charge in [0.2, 0.25) is 0 Å². The molecule has 25 heavy (non-hydrogen) atoms. The second kappa shape index (κ2) is 6.52. The number of urea groups is 1. The SMILES string of the molecule is Cc1nn(Cc2ccccc2)c(C)c1CN1CCN2C(=O)NCC2C1. The van der Waals surface area contributed by atoms with E-state index in [1.165, 1.54) is 16.8 Å². The van der Waals surface area contributed by atoms with Gasteiger partial charge in [0.15, 0.2) is 0 Å². The van der Waals surface area contributed by atoms with Gasteiger partial charge in [0, 0.05) is 44.0 Å². The fraction of sp³-hybridized carbons (Fsp3) is 0.474. The van der Waals surface area contributed by atoms with Crippen molar-refractivity contribution in [1.82, 2.24) is 24.9 Å². The molecule has 2 saturated heterocycles. The van der Waals surface area contributed by atoms with E-state index in [1.807, 2.05) is 11.0 Å². The van der Waals surface area contributed by atoms with E-state index in [1.54, 1.807) is 0 Å². The van der Waals surface area contributed by atoms with Crippen molar-refractivity contribution in [3.05, 3.63) is 52.8 Å². The van der Waals surface area contributed by atoms with Gasteiger partial charge in [-0.25, -0.2) is 4.79 Å². The average Bonchev–Trinajstić information content (AvgIpc) is 3.11. The normalized spacial score (nSPS) is 20.6. The van der Waals surface area contributed by atoms with Crippen LogP contribution in [0.5, 0.6) is 0 Å². The number of piperazine rings is 1. The molecule has 0 bridgehead atoms. The van der Waals surface area contributed by atoms with Gasteiger partial charge >= 0.3 is 6.03 Å². The van der Waals surface area contributed by atoms with E-state index in [2.05, 4.69) is 53.0 Å². The highest BCUT2D eigenvalue weighted by Crippen LogP contribution is 2.20. The summed E-state index contributed by atoms with van der Waals surface area (Å²) in [5, 5.41) is 7.71. The molecule has 2 aliphatic rings. The minimum absolute atomic E-state index is 0.0905. The fourth-order valence-corrected chi connectivity index (χ4v) is 3.91. The van der Waals surface area contributed by atoms with Gasteiger partial charge in [0.25, 0.3) is 0 Å². The number of aromatic nitrogens is 2.